The van der Waals surface area contributed by atoms with Gasteiger partial charge in [-0.15, -0.1) is 0 Å². The molecule has 0 aromatic heterocycles. The van der Waals surface area contributed by atoms with Crippen molar-refractivity contribution in [3.63, 3.8) is 0 Å². The molecule has 0 saturated carbocycles. The number of rotatable bonds is 5. The van der Waals surface area contributed by atoms with Crippen molar-refractivity contribution in [1.82, 2.24) is 4.90 Å². The molecule has 0 radical (unpaired) electrons. The predicted molar refractivity (Wildman–Crippen MR) is 110 cm³/mol. The molecule has 4 nitrogen and oxygen atoms in total. The maximum atomic E-state index is 13.4. The second kappa shape index (κ2) is 7.76. The first-order valence-electron chi connectivity index (χ1n) is 9.10. The van der Waals surface area contributed by atoms with Crippen LogP contribution in [0.4, 0.5) is 4.39 Å². The maximum Gasteiger partial charge on any atom is 0.258 e. The molecule has 0 fully saturated rings. The largest absolute Gasteiger partial charge is 0.492 e. The van der Waals surface area contributed by atoms with E-state index in [1.807, 2.05) is 36.4 Å². The molecular weight excluding hydrogens is 393 g/mol. The minimum Gasteiger partial charge on any atom is -0.492 e. The fraction of sp³-hybridized carbons (Fsp3) is 0.174. The van der Waals surface area contributed by atoms with Crippen LogP contribution in [0.25, 0.3) is 11.1 Å². The maximum absolute atomic E-state index is 13.4. The molecule has 6 heteroatoms. The van der Waals surface area contributed by atoms with Crippen molar-refractivity contribution in [2.45, 2.75) is 13.1 Å². The van der Waals surface area contributed by atoms with Crippen LogP contribution in [0.2, 0.25) is 5.02 Å². The number of fused-ring (bicyclic) bond motifs is 1. The number of ether oxygens (including phenoxy) is 2. The van der Waals surface area contributed by atoms with Gasteiger partial charge in [-0.3, -0.25) is 4.79 Å². The minimum absolute atomic E-state index is 0.0391. The van der Waals surface area contributed by atoms with Gasteiger partial charge in [-0.05, 0) is 34.9 Å². The lowest BCUT2D eigenvalue weighted by Crippen LogP contribution is -2.23. The Bertz CT molecular complexity index is 1090. The second-order valence-corrected chi connectivity index (χ2v) is 7.21. The van der Waals surface area contributed by atoms with Gasteiger partial charge in [0.1, 0.15) is 5.82 Å². The van der Waals surface area contributed by atoms with Crippen molar-refractivity contribution in [2.75, 3.05) is 14.2 Å². The summed E-state index contributed by atoms with van der Waals surface area (Å²) >= 11 is 5.89. The van der Waals surface area contributed by atoms with Gasteiger partial charge < -0.3 is 14.4 Å². The summed E-state index contributed by atoms with van der Waals surface area (Å²) in [7, 11) is 3.09. The van der Waals surface area contributed by atoms with Gasteiger partial charge in [0.05, 0.1) is 24.8 Å². The monoisotopic (exact) mass is 411 g/mol. The van der Waals surface area contributed by atoms with Gasteiger partial charge in [0.15, 0.2) is 11.5 Å². The molecule has 1 heterocycles. The zero-order valence-electron chi connectivity index (χ0n) is 16.0. The summed E-state index contributed by atoms with van der Waals surface area (Å²) in [5.41, 5.74) is 3.95. The van der Waals surface area contributed by atoms with E-state index < -0.39 is 5.82 Å². The first kappa shape index (κ1) is 19.3. The van der Waals surface area contributed by atoms with Crippen molar-refractivity contribution in [3.05, 3.63) is 82.1 Å². The molecule has 3 aromatic carbocycles. The third-order valence-electron chi connectivity index (χ3n) is 5.03. The minimum atomic E-state index is -0.481. The van der Waals surface area contributed by atoms with Crippen molar-refractivity contribution >= 4 is 17.5 Å². The summed E-state index contributed by atoms with van der Waals surface area (Å²) in [5.74, 6) is 0.312. The first-order chi connectivity index (χ1) is 14.0. The molecular formula is C23H19ClFNO3. The summed E-state index contributed by atoms with van der Waals surface area (Å²) in [6.07, 6.45) is 0. The van der Waals surface area contributed by atoms with Gasteiger partial charge in [0.25, 0.3) is 5.91 Å². The van der Waals surface area contributed by atoms with E-state index in [4.69, 9.17) is 21.1 Å². The van der Waals surface area contributed by atoms with Crippen molar-refractivity contribution in [1.29, 1.82) is 0 Å². The lowest BCUT2D eigenvalue weighted by atomic mass is 9.98. The quantitative estimate of drug-likeness (QED) is 0.570. The second-order valence-electron chi connectivity index (χ2n) is 6.80. The van der Waals surface area contributed by atoms with Crippen molar-refractivity contribution in [2.24, 2.45) is 0 Å². The Morgan fingerprint density at radius 2 is 1.76 bits per heavy atom. The topological polar surface area (TPSA) is 38.8 Å². The first-order valence-corrected chi connectivity index (χ1v) is 9.47. The third kappa shape index (κ3) is 3.42. The van der Waals surface area contributed by atoms with E-state index in [1.165, 1.54) is 13.2 Å². The number of halogens is 2. The predicted octanol–water partition coefficient (Wildman–Crippen LogP) is 5.32. The average Bonchev–Trinajstić information content (AvgIpc) is 3.05. The molecule has 3 aromatic rings. The number of nitrogens with zero attached hydrogens (tertiary/aromatic N) is 1. The summed E-state index contributed by atoms with van der Waals surface area (Å²) < 4.78 is 24.7. The number of hydrogen-bond acceptors (Lipinski definition) is 3. The highest BCUT2D eigenvalue weighted by atomic mass is 35.5. The summed E-state index contributed by atoms with van der Waals surface area (Å²) in [6.45, 7) is 0.739. The van der Waals surface area contributed by atoms with Crippen LogP contribution in [0.5, 0.6) is 11.5 Å². The Labute approximate surface area is 173 Å². The number of hydrogen-bond donors (Lipinski definition) is 0. The Morgan fingerprint density at radius 1 is 1.03 bits per heavy atom. The number of carbonyl (C=O) groups is 1. The van der Waals surface area contributed by atoms with Crippen LogP contribution in [-0.2, 0) is 13.1 Å². The van der Waals surface area contributed by atoms with E-state index in [-0.39, 0.29) is 10.9 Å². The SMILES string of the molecule is COc1c(-c2ccccc2)cc2c(c1OC)C(=O)N(Cc1ccc(F)c(Cl)c1)C2. The summed E-state index contributed by atoms with van der Waals surface area (Å²) in [5, 5.41) is 0.0391. The third-order valence-corrected chi connectivity index (χ3v) is 5.32. The normalized spacial score (nSPS) is 12.8. The Kier molecular flexibility index (Phi) is 5.16. The Balaban J connectivity index is 1.75. The van der Waals surface area contributed by atoms with Crippen LogP contribution in [0.1, 0.15) is 21.5 Å². The Morgan fingerprint density at radius 3 is 2.41 bits per heavy atom. The molecule has 0 N–H and O–H groups in total. The Hall–Kier alpha value is -3.05. The molecule has 4 rings (SSSR count). The van der Waals surface area contributed by atoms with Gasteiger partial charge in [-0.2, -0.15) is 0 Å². The highest BCUT2D eigenvalue weighted by molar-refractivity contribution is 6.30. The fourth-order valence-corrected chi connectivity index (χ4v) is 3.91. The molecule has 0 saturated heterocycles. The molecule has 0 spiro atoms. The molecule has 0 aliphatic carbocycles. The van der Waals surface area contributed by atoms with E-state index in [0.29, 0.717) is 30.2 Å². The number of amides is 1. The highest BCUT2D eigenvalue weighted by Crippen LogP contribution is 2.45. The zero-order valence-corrected chi connectivity index (χ0v) is 16.8. The van der Waals surface area contributed by atoms with Gasteiger partial charge in [-0.1, -0.05) is 48.0 Å². The van der Waals surface area contributed by atoms with Crippen LogP contribution in [0, 0.1) is 5.82 Å². The smallest absolute Gasteiger partial charge is 0.258 e. The molecule has 0 bridgehead atoms. The van der Waals surface area contributed by atoms with Gasteiger partial charge in [-0.25, -0.2) is 4.39 Å². The average molecular weight is 412 g/mol. The number of carbonyl (C=O) groups excluding carboxylic acids is 1. The molecule has 1 aliphatic rings. The van der Waals surface area contributed by atoms with Gasteiger partial charge in [0, 0.05) is 18.7 Å². The van der Waals surface area contributed by atoms with Crippen LogP contribution in [-0.4, -0.2) is 25.0 Å². The fourth-order valence-electron chi connectivity index (χ4n) is 3.70. The van der Waals surface area contributed by atoms with E-state index >= 15 is 0 Å². The molecule has 0 atom stereocenters. The number of benzene rings is 3. The molecule has 148 valence electrons. The van der Waals surface area contributed by atoms with E-state index in [2.05, 4.69) is 0 Å². The van der Waals surface area contributed by atoms with E-state index in [1.54, 1.807) is 24.1 Å². The van der Waals surface area contributed by atoms with E-state index in [9.17, 15) is 9.18 Å². The standard InChI is InChI=1S/C23H19ClFNO3/c1-28-21-17(15-6-4-3-5-7-15)11-16-13-26(23(27)20(16)22(21)29-2)12-14-8-9-19(25)18(24)10-14/h3-11H,12-13H2,1-2H3. The van der Waals surface area contributed by atoms with Crippen molar-refractivity contribution < 1.29 is 18.7 Å². The van der Waals surface area contributed by atoms with Crippen LogP contribution >= 0.6 is 11.6 Å². The van der Waals surface area contributed by atoms with Crippen LogP contribution < -0.4 is 9.47 Å². The van der Waals surface area contributed by atoms with Crippen LogP contribution in [0.3, 0.4) is 0 Å². The summed E-state index contributed by atoms with van der Waals surface area (Å²) in [4.78, 5) is 14.8. The van der Waals surface area contributed by atoms with E-state index in [0.717, 1.165) is 22.3 Å². The summed E-state index contributed by atoms with van der Waals surface area (Å²) in [6, 6.07) is 16.3. The van der Waals surface area contributed by atoms with Gasteiger partial charge in [0.2, 0.25) is 0 Å². The lowest BCUT2D eigenvalue weighted by Gasteiger charge is -2.17. The van der Waals surface area contributed by atoms with Crippen molar-refractivity contribution in [3.8, 4) is 22.6 Å². The highest BCUT2D eigenvalue weighted by Gasteiger charge is 2.34. The number of methoxy groups -OCH3 is 2. The van der Waals surface area contributed by atoms with Crippen LogP contribution in [0.15, 0.2) is 54.6 Å². The molecule has 29 heavy (non-hydrogen) atoms. The zero-order chi connectivity index (χ0) is 20.5. The lowest BCUT2D eigenvalue weighted by molar-refractivity contribution is 0.0764. The molecule has 0 unspecified atom stereocenters. The molecule has 1 aliphatic heterocycles. The van der Waals surface area contributed by atoms with Gasteiger partial charge >= 0.3 is 0 Å². The molecule has 1 amide bonds.